The van der Waals surface area contributed by atoms with E-state index in [-0.39, 0.29) is 17.7 Å². The van der Waals surface area contributed by atoms with Crippen molar-refractivity contribution in [3.05, 3.63) is 35.2 Å². The van der Waals surface area contributed by atoms with Gasteiger partial charge in [-0.1, -0.05) is 38.1 Å². The molecule has 0 saturated carbocycles. The SMILES string of the molecule is CC(=O)NCc1ccc(-c2csc(NC(=O)C(C)C)n2)cc1. The van der Waals surface area contributed by atoms with Gasteiger partial charge in [-0.05, 0) is 5.56 Å². The highest BCUT2D eigenvalue weighted by Crippen LogP contribution is 2.25. The van der Waals surface area contributed by atoms with Gasteiger partial charge in [0.15, 0.2) is 5.13 Å². The number of hydrogen-bond donors (Lipinski definition) is 2. The zero-order valence-electron chi connectivity index (χ0n) is 12.8. The number of rotatable bonds is 5. The van der Waals surface area contributed by atoms with Crippen LogP contribution in [0, 0.1) is 5.92 Å². The first-order chi connectivity index (χ1) is 10.5. The van der Waals surface area contributed by atoms with Gasteiger partial charge >= 0.3 is 0 Å². The minimum atomic E-state index is -0.0691. The molecule has 116 valence electrons. The van der Waals surface area contributed by atoms with Gasteiger partial charge in [-0.25, -0.2) is 4.98 Å². The molecule has 0 radical (unpaired) electrons. The summed E-state index contributed by atoms with van der Waals surface area (Å²) in [5, 5.41) is 8.08. The van der Waals surface area contributed by atoms with Crippen LogP contribution in [0.2, 0.25) is 0 Å². The number of anilines is 1. The zero-order valence-corrected chi connectivity index (χ0v) is 13.7. The van der Waals surface area contributed by atoms with E-state index in [0.29, 0.717) is 11.7 Å². The Morgan fingerprint density at radius 1 is 1.23 bits per heavy atom. The fourth-order valence-corrected chi connectivity index (χ4v) is 2.46. The van der Waals surface area contributed by atoms with Crippen LogP contribution in [-0.2, 0) is 16.1 Å². The van der Waals surface area contributed by atoms with Crippen molar-refractivity contribution in [2.75, 3.05) is 5.32 Å². The molecule has 6 heteroatoms. The summed E-state index contributed by atoms with van der Waals surface area (Å²) in [6, 6.07) is 7.83. The molecule has 0 bridgehead atoms. The summed E-state index contributed by atoms with van der Waals surface area (Å²) in [7, 11) is 0. The molecule has 1 aromatic carbocycles. The predicted octanol–water partition coefficient (Wildman–Crippen LogP) is 3.04. The molecule has 0 aliphatic carbocycles. The highest BCUT2D eigenvalue weighted by atomic mass is 32.1. The van der Waals surface area contributed by atoms with Crippen molar-refractivity contribution < 1.29 is 9.59 Å². The molecule has 0 spiro atoms. The maximum absolute atomic E-state index is 11.7. The van der Waals surface area contributed by atoms with Crippen LogP contribution in [0.5, 0.6) is 0 Å². The number of nitrogens with one attached hydrogen (secondary N) is 2. The van der Waals surface area contributed by atoms with E-state index in [1.807, 2.05) is 43.5 Å². The Morgan fingerprint density at radius 3 is 2.50 bits per heavy atom. The Kier molecular flexibility index (Phi) is 5.27. The minimum Gasteiger partial charge on any atom is -0.352 e. The molecule has 1 aromatic heterocycles. The van der Waals surface area contributed by atoms with Gasteiger partial charge in [0.05, 0.1) is 5.69 Å². The molecule has 5 nitrogen and oxygen atoms in total. The zero-order chi connectivity index (χ0) is 16.1. The minimum absolute atomic E-state index is 0.0356. The number of hydrogen-bond acceptors (Lipinski definition) is 4. The fraction of sp³-hybridized carbons (Fsp3) is 0.312. The van der Waals surface area contributed by atoms with E-state index in [2.05, 4.69) is 15.6 Å². The lowest BCUT2D eigenvalue weighted by Crippen LogP contribution is -2.18. The van der Waals surface area contributed by atoms with Crippen LogP contribution in [-0.4, -0.2) is 16.8 Å². The molecule has 2 N–H and O–H groups in total. The molecular formula is C16H19N3O2S. The van der Waals surface area contributed by atoms with Gasteiger partial charge in [0.1, 0.15) is 0 Å². The van der Waals surface area contributed by atoms with Crippen molar-refractivity contribution >= 4 is 28.3 Å². The molecule has 0 aliphatic heterocycles. The summed E-state index contributed by atoms with van der Waals surface area (Å²) >= 11 is 1.41. The summed E-state index contributed by atoms with van der Waals surface area (Å²) < 4.78 is 0. The summed E-state index contributed by atoms with van der Waals surface area (Å²) in [4.78, 5) is 27.0. The summed E-state index contributed by atoms with van der Waals surface area (Å²) in [5.74, 6) is -0.152. The molecule has 2 amide bonds. The quantitative estimate of drug-likeness (QED) is 0.890. The number of aromatic nitrogens is 1. The second-order valence-electron chi connectivity index (χ2n) is 5.29. The van der Waals surface area contributed by atoms with E-state index in [4.69, 9.17) is 0 Å². The van der Waals surface area contributed by atoms with E-state index in [0.717, 1.165) is 16.8 Å². The topological polar surface area (TPSA) is 71.1 Å². The monoisotopic (exact) mass is 317 g/mol. The van der Waals surface area contributed by atoms with E-state index >= 15 is 0 Å². The first-order valence-electron chi connectivity index (χ1n) is 7.06. The van der Waals surface area contributed by atoms with Crippen LogP contribution in [0.15, 0.2) is 29.6 Å². The Labute approximate surface area is 133 Å². The standard InChI is InChI=1S/C16H19N3O2S/c1-10(2)15(21)19-16-18-14(9-22-16)13-6-4-12(5-7-13)8-17-11(3)20/h4-7,9-10H,8H2,1-3H3,(H,17,20)(H,18,19,21). The molecule has 2 aromatic rings. The molecular weight excluding hydrogens is 298 g/mol. The fourth-order valence-electron chi connectivity index (χ4n) is 1.73. The number of amides is 2. The first kappa shape index (κ1) is 16.2. The molecule has 22 heavy (non-hydrogen) atoms. The molecule has 0 unspecified atom stereocenters. The lowest BCUT2D eigenvalue weighted by Gasteiger charge is -2.04. The molecule has 2 rings (SSSR count). The van der Waals surface area contributed by atoms with Crippen molar-refractivity contribution in [2.24, 2.45) is 5.92 Å². The molecule has 1 heterocycles. The molecule has 0 aliphatic rings. The second-order valence-corrected chi connectivity index (χ2v) is 6.15. The Hall–Kier alpha value is -2.21. The highest BCUT2D eigenvalue weighted by molar-refractivity contribution is 7.14. The number of benzene rings is 1. The number of thiazole rings is 1. The van der Waals surface area contributed by atoms with E-state index in [9.17, 15) is 9.59 Å². The summed E-state index contributed by atoms with van der Waals surface area (Å²) in [6.07, 6.45) is 0. The maximum Gasteiger partial charge on any atom is 0.228 e. The molecule has 0 fully saturated rings. The first-order valence-corrected chi connectivity index (χ1v) is 7.94. The van der Waals surface area contributed by atoms with Crippen molar-refractivity contribution in [2.45, 2.75) is 27.3 Å². The van der Waals surface area contributed by atoms with Gasteiger partial charge in [0.25, 0.3) is 0 Å². The Morgan fingerprint density at radius 2 is 1.91 bits per heavy atom. The lowest BCUT2D eigenvalue weighted by atomic mass is 10.1. The highest BCUT2D eigenvalue weighted by Gasteiger charge is 2.10. The van der Waals surface area contributed by atoms with Crippen LogP contribution in [0.1, 0.15) is 26.3 Å². The van der Waals surface area contributed by atoms with Crippen molar-refractivity contribution in [1.29, 1.82) is 0 Å². The van der Waals surface area contributed by atoms with Crippen LogP contribution in [0.3, 0.4) is 0 Å². The van der Waals surface area contributed by atoms with E-state index < -0.39 is 0 Å². The second kappa shape index (κ2) is 7.17. The van der Waals surface area contributed by atoms with E-state index in [1.165, 1.54) is 18.3 Å². The largest absolute Gasteiger partial charge is 0.352 e. The van der Waals surface area contributed by atoms with Gasteiger partial charge in [0.2, 0.25) is 11.8 Å². The molecule has 0 atom stereocenters. The van der Waals surface area contributed by atoms with Crippen molar-refractivity contribution in [3.8, 4) is 11.3 Å². The average Bonchev–Trinajstić information content (AvgIpc) is 2.94. The van der Waals surface area contributed by atoms with Crippen LogP contribution in [0.25, 0.3) is 11.3 Å². The van der Waals surface area contributed by atoms with Crippen LogP contribution in [0.4, 0.5) is 5.13 Å². The third-order valence-corrected chi connectivity index (χ3v) is 3.81. The van der Waals surface area contributed by atoms with Gasteiger partial charge in [0, 0.05) is 30.3 Å². The van der Waals surface area contributed by atoms with Crippen molar-refractivity contribution in [3.63, 3.8) is 0 Å². The Balaban J connectivity index is 2.04. The van der Waals surface area contributed by atoms with Crippen LogP contribution < -0.4 is 10.6 Å². The van der Waals surface area contributed by atoms with Gasteiger partial charge in [-0.15, -0.1) is 11.3 Å². The van der Waals surface area contributed by atoms with E-state index in [1.54, 1.807) is 0 Å². The predicted molar refractivity (Wildman–Crippen MR) is 88.5 cm³/mol. The number of carbonyl (C=O) groups is 2. The number of carbonyl (C=O) groups excluding carboxylic acids is 2. The summed E-state index contributed by atoms with van der Waals surface area (Å²) in [5.41, 5.74) is 2.84. The third kappa shape index (κ3) is 4.39. The third-order valence-electron chi connectivity index (χ3n) is 3.05. The number of nitrogens with zero attached hydrogens (tertiary/aromatic N) is 1. The summed E-state index contributed by atoms with van der Waals surface area (Å²) in [6.45, 7) is 5.70. The lowest BCUT2D eigenvalue weighted by molar-refractivity contribution is -0.119. The normalized spacial score (nSPS) is 10.5. The van der Waals surface area contributed by atoms with Gasteiger partial charge in [-0.2, -0.15) is 0 Å². The van der Waals surface area contributed by atoms with Crippen molar-refractivity contribution in [1.82, 2.24) is 10.3 Å². The maximum atomic E-state index is 11.7. The molecule has 0 saturated heterocycles. The van der Waals surface area contributed by atoms with Gasteiger partial charge < -0.3 is 10.6 Å². The smallest absolute Gasteiger partial charge is 0.228 e. The van der Waals surface area contributed by atoms with Gasteiger partial charge in [-0.3, -0.25) is 9.59 Å². The average molecular weight is 317 g/mol. The van der Waals surface area contributed by atoms with Crippen LogP contribution >= 0.6 is 11.3 Å². The Bertz CT molecular complexity index is 662.